The zero-order valence-corrected chi connectivity index (χ0v) is 10.3. The van der Waals surface area contributed by atoms with Gasteiger partial charge in [0.05, 0.1) is 11.7 Å². The van der Waals surface area contributed by atoms with Crippen LogP contribution in [0.5, 0.6) is 0 Å². The molecule has 0 radical (unpaired) electrons. The Morgan fingerprint density at radius 3 is 2.94 bits per heavy atom. The fourth-order valence-electron chi connectivity index (χ4n) is 1.67. The van der Waals surface area contributed by atoms with Gasteiger partial charge in [0.15, 0.2) is 0 Å². The van der Waals surface area contributed by atoms with Gasteiger partial charge in [0.25, 0.3) is 0 Å². The van der Waals surface area contributed by atoms with Gasteiger partial charge in [-0.25, -0.2) is 0 Å². The van der Waals surface area contributed by atoms with Crippen molar-refractivity contribution in [1.29, 1.82) is 0 Å². The first-order chi connectivity index (χ1) is 7.53. The Labute approximate surface area is 97.4 Å². The summed E-state index contributed by atoms with van der Waals surface area (Å²) < 4.78 is 5.44. The maximum absolute atomic E-state index is 11.5. The summed E-state index contributed by atoms with van der Waals surface area (Å²) in [7, 11) is 0. The average molecular weight is 229 g/mol. The molecule has 0 aliphatic carbocycles. The molecule has 94 valence electrons. The van der Waals surface area contributed by atoms with Crippen LogP contribution < -0.4 is 5.32 Å². The molecule has 0 saturated carbocycles. The van der Waals surface area contributed by atoms with Crippen LogP contribution in [0.4, 0.5) is 0 Å². The summed E-state index contributed by atoms with van der Waals surface area (Å²) in [5, 5.41) is 12.5. The molecule has 1 amide bonds. The first-order valence-corrected chi connectivity index (χ1v) is 6.14. The number of carbonyl (C=O) groups is 1. The van der Waals surface area contributed by atoms with Gasteiger partial charge in [0.2, 0.25) is 5.91 Å². The lowest BCUT2D eigenvalue weighted by atomic mass is 10.0. The zero-order chi connectivity index (χ0) is 12.0. The molecule has 1 aliphatic heterocycles. The minimum absolute atomic E-state index is 0.00391. The minimum Gasteiger partial charge on any atom is -0.388 e. The van der Waals surface area contributed by atoms with Crippen molar-refractivity contribution in [3.63, 3.8) is 0 Å². The smallest absolute Gasteiger partial charge is 0.220 e. The van der Waals surface area contributed by atoms with Gasteiger partial charge in [0.1, 0.15) is 0 Å². The number of hydrogen-bond donors (Lipinski definition) is 2. The fraction of sp³-hybridized carbons (Fsp3) is 0.917. The van der Waals surface area contributed by atoms with E-state index >= 15 is 0 Å². The fourth-order valence-corrected chi connectivity index (χ4v) is 1.67. The van der Waals surface area contributed by atoms with Crippen LogP contribution in [0.2, 0.25) is 0 Å². The van der Waals surface area contributed by atoms with E-state index in [0.29, 0.717) is 19.4 Å². The molecule has 1 aliphatic rings. The zero-order valence-electron chi connectivity index (χ0n) is 10.3. The standard InChI is InChI=1S/C12H23NO3/c1-3-12(2,15)9-13-11(14)7-6-10-5-4-8-16-10/h10,15H,3-9H2,1-2H3,(H,13,14). The molecular weight excluding hydrogens is 206 g/mol. The third-order valence-corrected chi connectivity index (χ3v) is 3.15. The Morgan fingerprint density at radius 1 is 1.62 bits per heavy atom. The first kappa shape index (κ1) is 13.5. The molecule has 0 spiro atoms. The van der Waals surface area contributed by atoms with Crippen LogP contribution in [0.3, 0.4) is 0 Å². The van der Waals surface area contributed by atoms with Gasteiger partial charge in [-0.3, -0.25) is 4.79 Å². The summed E-state index contributed by atoms with van der Waals surface area (Å²) in [5.41, 5.74) is -0.792. The van der Waals surface area contributed by atoms with Crippen molar-refractivity contribution < 1.29 is 14.6 Å². The van der Waals surface area contributed by atoms with Gasteiger partial charge in [-0.1, -0.05) is 6.92 Å². The minimum atomic E-state index is -0.792. The molecule has 0 aromatic carbocycles. The van der Waals surface area contributed by atoms with E-state index < -0.39 is 5.60 Å². The van der Waals surface area contributed by atoms with Crippen molar-refractivity contribution in [2.75, 3.05) is 13.2 Å². The van der Waals surface area contributed by atoms with E-state index in [2.05, 4.69) is 5.32 Å². The highest BCUT2D eigenvalue weighted by molar-refractivity contribution is 5.75. The number of aliphatic hydroxyl groups is 1. The molecule has 4 heteroatoms. The summed E-state index contributed by atoms with van der Waals surface area (Å²) in [4.78, 5) is 11.5. The quantitative estimate of drug-likeness (QED) is 0.720. The molecule has 2 unspecified atom stereocenters. The van der Waals surface area contributed by atoms with Crippen LogP contribution in [0.1, 0.15) is 46.0 Å². The second kappa shape index (κ2) is 6.21. The Morgan fingerprint density at radius 2 is 2.38 bits per heavy atom. The lowest BCUT2D eigenvalue weighted by molar-refractivity contribution is -0.122. The Balaban J connectivity index is 2.10. The Bertz CT molecular complexity index is 222. The molecule has 1 rings (SSSR count). The van der Waals surface area contributed by atoms with Crippen molar-refractivity contribution >= 4 is 5.91 Å². The summed E-state index contributed by atoms with van der Waals surface area (Å²) in [6, 6.07) is 0. The van der Waals surface area contributed by atoms with E-state index in [1.54, 1.807) is 6.92 Å². The second-order valence-corrected chi connectivity index (χ2v) is 4.80. The van der Waals surface area contributed by atoms with Gasteiger partial charge in [-0.05, 0) is 32.6 Å². The van der Waals surface area contributed by atoms with E-state index in [-0.39, 0.29) is 12.0 Å². The molecule has 1 saturated heterocycles. The molecule has 16 heavy (non-hydrogen) atoms. The van der Waals surface area contributed by atoms with E-state index in [1.165, 1.54) is 0 Å². The van der Waals surface area contributed by atoms with Crippen molar-refractivity contribution in [1.82, 2.24) is 5.32 Å². The summed E-state index contributed by atoms with van der Waals surface area (Å²) in [6.45, 7) is 4.79. The van der Waals surface area contributed by atoms with Crippen molar-refractivity contribution in [2.45, 2.75) is 57.7 Å². The molecule has 1 heterocycles. The van der Waals surface area contributed by atoms with Crippen LogP contribution in [-0.4, -0.2) is 35.9 Å². The predicted octanol–water partition coefficient (Wildman–Crippen LogP) is 1.22. The predicted molar refractivity (Wildman–Crippen MR) is 62.1 cm³/mol. The van der Waals surface area contributed by atoms with Gasteiger partial charge < -0.3 is 15.2 Å². The Hall–Kier alpha value is -0.610. The van der Waals surface area contributed by atoms with Crippen molar-refractivity contribution in [3.05, 3.63) is 0 Å². The molecule has 2 N–H and O–H groups in total. The maximum Gasteiger partial charge on any atom is 0.220 e. The van der Waals surface area contributed by atoms with Crippen molar-refractivity contribution in [2.24, 2.45) is 0 Å². The van der Waals surface area contributed by atoms with E-state index in [0.717, 1.165) is 25.9 Å². The Kier molecular flexibility index (Phi) is 5.22. The number of carbonyl (C=O) groups excluding carboxylic acids is 1. The second-order valence-electron chi connectivity index (χ2n) is 4.80. The first-order valence-electron chi connectivity index (χ1n) is 6.14. The molecule has 1 fully saturated rings. The highest BCUT2D eigenvalue weighted by atomic mass is 16.5. The molecule has 0 aromatic heterocycles. The lowest BCUT2D eigenvalue weighted by Gasteiger charge is -2.21. The molecule has 0 aromatic rings. The maximum atomic E-state index is 11.5. The van der Waals surface area contributed by atoms with Crippen molar-refractivity contribution in [3.8, 4) is 0 Å². The molecule has 2 atom stereocenters. The number of ether oxygens (including phenoxy) is 1. The van der Waals surface area contributed by atoms with Gasteiger partial charge in [-0.15, -0.1) is 0 Å². The van der Waals surface area contributed by atoms with Gasteiger partial charge in [0, 0.05) is 19.6 Å². The van der Waals surface area contributed by atoms with Crippen LogP contribution in [0.15, 0.2) is 0 Å². The van der Waals surface area contributed by atoms with Crippen LogP contribution in [0.25, 0.3) is 0 Å². The van der Waals surface area contributed by atoms with Crippen LogP contribution in [-0.2, 0) is 9.53 Å². The van der Waals surface area contributed by atoms with Gasteiger partial charge >= 0.3 is 0 Å². The van der Waals surface area contributed by atoms with Gasteiger partial charge in [-0.2, -0.15) is 0 Å². The SMILES string of the molecule is CCC(C)(O)CNC(=O)CCC1CCCO1. The highest BCUT2D eigenvalue weighted by Gasteiger charge is 2.20. The third-order valence-electron chi connectivity index (χ3n) is 3.15. The average Bonchev–Trinajstić information content (AvgIpc) is 2.76. The lowest BCUT2D eigenvalue weighted by Crippen LogP contribution is -2.40. The third kappa shape index (κ3) is 4.94. The van der Waals surface area contributed by atoms with E-state index in [4.69, 9.17) is 4.74 Å². The number of nitrogens with one attached hydrogen (secondary N) is 1. The van der Waals surface area contributed by atoms with E-state index in [1.807, 2.05) is 6.92 Å². The monoisotopic (exact) mass is 229 g/mol. The van der Waals surface area contributed by atoms with Crippen LogP contribution >= 0.6 is 0 Å². The molecular formula is C12H23NO3. The molecule has 4 nitrogen and oxygen atoms in total. The summed E-state index contributed by atoms with van der Waals surface area (Å²) >= 11 is 0. The summed E-state index contributed by atoms with van der Waals surface area (Å²) in [5.74, 6) is 0.00391. The highest BCUT2D eigenvalue weighted by Crippen LogP contribution is 2.16. The number of hydrogen-bond acceptors (Lipinski definition) is 3. The largest absolute Gasteiger partial charge is 0.388 e. The summed E-state index contributed by atoms with van der Waals surface area (Å²) in [6.07, 6.45) is 4.36. The topological polar surface area (TPSA) is 58.6 Å². The number of amides is 1. The number of rotatable bonds is 6. The molecule has 0 bridgehead atoms. The normalized spacial score (nSPS) is 24.1. The van der Waals surface area contributed by atoms with E-state index in [9.17, 15) is 9.90 Å². The van der Waals surface area contributed by atoms with Crippen LogP contribution in [0, 0.1) is 0 Å².